The number of hydrogen-bond donors (Lipinski definition) is 0. The van der Waals surface area contributed by atoms with Crippen molar-refractivity contribution in [1.82, 2.24) is 0 Å². The maximum atomic E-state index is 6.02. The zero-order chi connectivity index (χ0) is 16.4. The van der Waals surface area contributed by atoms with Crippen molar-refractivity contribution < 1.29 is 4.74 Å². The first-order chi connectivity index (χ1) is 11.8. The van der Waals surface area contributed by atoms with Gasteiger partial charge in [-0.2, -0.15) is 0 Å². The number of benzene rings is 3. The Morgan fingerprint density at radius 2 is 1.62 bits per heavy atom. The van der Waals surface area contributed by atoms with Crippen molar-refractivity contribution in [2.45, 2.75) is 12.8 Å². The van der Waals surface area contributed by atoms with Gasteiger partial charge < -0.3 is 9.64 Å². The molecule has 3 aromatic carbocycles. The number of rotatable bonds is 3. The average Bonchev–Trinajstić information content (AvgIpc) is 2.61. The smallest absolute Gasteiger partial charge is 0.130 e. The van der Waals surface area contributed by atoms with Gasteiger partial charge in [0.05, 0.1) is 0 Å². The third kappa shape index (κ3) is 3.17. The molecular weight excluding hydrogens is 362 g/mol. The zero-order valence-corrected chi connectivity index (χ0v) is 14.9. The summed E-state index contributed by atoms with van der Waals surface area (Å²) in [7, 11) is 0. The van der Waals surface area contributed by atoms with Crippen molar-refractivity contribution >= 4 is 27.3 Å². The minimum atomic E-state index is 0.841. The molecule has 0 unspecified atom stereocenters. The molecule has 1 aliphatic heterocycles. The van der Waals surface area contributed by atoms with Gasteiger partial charge in [0, 0.05) is 28.5 Å². The van der Waals surface area contributed by atoms with E-state index in [2.05, 4.69) is 57.2 Å². The molecule has 4 rings (SSSR count). The van der Waals surface area contributed by atoms with Crippen LogP contribution in [0, 0.1) is 0 Å². The van der Waals surface area contributed by atoms with Crippen molar-refractivity contribution in [2.75, 3.05) is 11.4 Å². The van der Waals surface area contributed by atoms with Gasteiger partial charge in [-0.3, -0.25) is 0 Å². The van der Waals surface area contributed by atoms with Gasteiger partial charge >= 0.3 is 0 Å². The molecule has 0 fully saturated rings. The van der Waals surface area contributed by atoms with Crippen molar-refractivity contribution in [1.29, 1.82) is 0 Å². The summed E-state index contributed by atoms with van der Waals surface area (Å²) < 4.78 is 7.04. The highest BCUT2D eigenvalue weighted by molar-refractivity contribution is 9.10. The average molecular weight is 380 g/mol. The molecule has 0 radical (unpaired) electrons. The van der Waals surface area contributed by atoms with Gasteiger partial charge in [-0.15, -0.1) is 0 Å². The van der Waals surface area contributed by atoms with Crippen LogP contribution in [0.15, 0.2) is 77.3 Å². The van der Waals surface area contributed by atoms with Gasteiger partial charge in [0.15, 0.2) is 0 Å². The topological polar surface area (TPSA) is 12.5 Å². The van der Waals surface area contributed by atoms with E-state index < -0.39 is 0 Å². The molecule has 24 heavy (non-hydrogen) atoms. The summed E-state index contributed by atoms with van der Waals surface area (Å²) in [6.45, 7) is 1.03. The molecule has 120 valence electrons. The van der Waals surface area contributed by atoms with Crippen LogP contribution in [0.4, 0.5) is 11.4 Å². The largest absolute Gasteiger partial charge is 0.457 e. The van der Waals surface area contributed by atoms with Crippen molar-refractivity contribution in [3.8, 4) is 11.5 Å². The Hall–Kier alpha value is -2.26. The first-order valence-corrected chi connectivity index (χ1v) is 8.98. The molecule has 0 atom stereocenters. The van der Waals surface area contributed by atoms with Crippen LogP contribution >= 0.6 is 15.9 Å². The van der Waals surface area contributed by atoms with E-state index in [1.54, 1.807) is 0 Å². The quantitative estimate of drug-likeness (QED) is 0.527. The van der Waals surface area contributed by atoms with Crippen LogP contribution in [0.1, 0.15) is 12.0 Å². The molecule has 0 aromatic heterocycles. The first-order valence-electron chi connectivity index (χ1n) is 8.18. The third-order valence-corrected chi connectivity index (χ3v) is 4.71. The second-order valence-corrected chi connectivity index (χ2v) is 6.86. The number of para-hydroxylation sites is 2. The molecule has 0 aliphatic carbocycles. The van der Waals surface area contributed by atoms with E-state index in [0.717, 1.165) is 34.6 Å². The standard InChI is InChI=1S/C21H18BrNO/c22-17-13-18(15-20(14-17)24-19-9-2-1-3-10-19)23-12-6-8-16-7-4-5-11-21(16)23/h1-5,7,9-11,13-15H,6,8,12H2. The minimum Gasteiger partial charge on any atom is -0.457 e. The minimum absolute atomic E-state index is 0.841. The summed E-state index contributed by atoms with van der Waals surface area (Å²) in [5, 5.41) is 0. The Morgan fingerprint density at radius 3 is 2.50 bits per heavy atom. The molecular formula is C21H18BrNO. The number of ether oxygens (including phenoxy) is 1. The number of anilines is 2. The Bertz CT molecular complexity index is 847. The van der Waals surface area contributed by atoms with E-state index in [0.29, 0.717) is 0 Å². The summed E-state index contributed by atoms with van der Waals surface area (Å²) in [5.74, 6) is 1.69. The van der Waals surface area contributed by atoms with Gasteiger partial charge in [0.1, 0.15) is 11.5 Å². The molecule has 0 saturated heterocycles. The van der Waals surface area contributed by atoms with Crippen LogP contribution < -0.4 is 9.64 Å². The lowest BCUT2D eigenvalue weighted by atomic mass is 10.0. The zero-order valence-electron chi connectivity index (χ0n) is 13.3. The monoisotopic (exact) mass is 379 g/mol. The van der Waals surface area contributed by atoms with Gasteiger partial charge in [0.25, 0.3) is 0 Å². The predicted octanol–water partition coefficient (Wildman–Crippen LogP) is 6.33. The Balaban J connectivity index is 1.69. The molecule has 0 saturated carbocycles. The summed E-state index contributed by atoms with van der Waals surface area (Å²) in [5.41, 5.74) is 3.87. The van der Waals surface area contributed by atoms with E-state index in [9.17, 15) is 0 Å². The fourth-order valence-corrected chi connectivity index (χ4v) is 3.65. The van der Waals surface area contributed by atoms with E-state index >= 15 is 0 Å². The Labute approximate surface area is 150 Å². The lowest BCUT2D eigenvalue weighted by molar-refractivity contribution is 0.482. The number of nitrogens with zero attached hydrogens (tertiary/aromatic N) is 1. The molecule has 3 aromatic rings. The fraction of sp³-hybridized carbons (Fsp3) is 0.143. The van der Waals surface area contributed by atoms with E-state index in [1.165, 1.54) is 17.7 Å². The normalized spacial score (nSPS) is 13.5. The summed E-state index contributed by atoms with van der Waals surface area (Å²) in [6.07, 6.45) is 2.31. The Kier molecular flexibility index (Phi) is 4.26. The first kappa shape index (κ1) is 15.3. The maximum absolute atomic E-state index is 6.02. The van der Waals surface area contributed by atoms with Crippen molar-refractivity contribution in [2.24, 2.45) is 0 Å². The third-order valence-electron chi connectivity index (χ3n) is 4.26. The molecule has 0 N–H and O–H groups in total. The molecule has 2 nitrogen and oxygen atoms in total. The summed E-state index contributed by atoms with van der Waals surface area (Å²) in [4.78, 5) is 2.38. The van der Waals surface area contributed by atoms with Crippen LogP contribution in [0.3, 0.4) is 0 Å². The lowest BCUT2D eigenvalue weighted by Crippen LogP contribution is -2.24. The molecule has 0 bridgehead atoms. The maximum Gasteiger partial charge on any atom is 0.130 e. The molecule has 1 aliphatic rings. The lowest BCUT2D eigenvalue weighted by Gasteiger charge is -2.31. The van der Waals surface area contributed by atoms with E-state index in [-0.39, 0.29) is 0 Å². The highest BCUT2D eigenvalue weighted by atomic mass is 79.9. The highest BCUT2D eigenvalue weighted by Gasteiger charge is 2.18. The molecule has 0 amide bonds. The Morgan fingerprint density at radius 1 is 0.833 bits per heavy atom. The molecule has 3 heteroatoms. The second kappa shape index (κ2) is 6.70. The van der Waals surface area contributed by atoms with Gasteiger partial charge in [0.2, 0.25) is 0 Å². The van der Waals surface area contributed by atoms with E-state index in [1.807, 2.05) is 36.4 Å². The van der Waals surface area contributed by atoms with Gasteiger partial charge in [-0.25, -0.2) is 0 Å². The van der Waals surface area contributed by atoms with Crippen LogP contribution in [-0.4, -0.2) is 6.54 Å². The molecule has 1 heterocycles. The van der Waals surface area contributed by atoms with Crippen molar-refractivity contribution in [3.63, 3.8) is 0 Å². The van der Waals surface area contributed by atoms with Gasteiger partial charge in [-0.1, -0.05) is 52.3 Å². The number of halogens is 1. The second-order valence-electron chi connectivity index (χ2n) is 5.94. The number of hydrogen-bond acceptors (Lipinski definition) is 2. The van der Waals surface area contributed by atoms with Crippen LogP contribution in [0.2, 0.25) is 0 Å². The molecule has 0 spiro atoms. The predicted molar refractivity (Wildman–Crippen MR) is 102 cm³/mol. The van der Waals surface area contributed by atoms with Crippen LogP contribution in [0.5, 0.6) is 11.5 Å². The number of aryl methyl sites for hydroxylation is 1. The van der Waals surface area contributed by atoms with Gasteiger partial charge in [-0.05, 0) is 48.7 Å². The van der Waals surface area contributed by atoms with Crippen molar-refractivity contribution in [3.05, 3.63) is 82.8 Å². The van der Waals surface area contributed by atoms with Crippen LogP contribution in [-0.2, 0) is 6.42 Å². The van der Waals surface area contributed by atoms with Crippen LogP contribution in [0.25, 0.3) is 0 Å². The summed E-state index contributed by atoms with van der Waals surface area (Å²) in [6, 6.07) is 24.8. The van der Waals surface area contributed by atoms with E-state index in [4.69, 9.17) is 4.74 Å². The summed E-state index contributed by atoms with van der Waals surface area (Å²) >= 11 is 3.63. The SMILES string of the molecule is Brc1cc(Oc2ccccc2)cc(N2CCCc3ccccc32)c1. The fourth-order valence-electron chi connectivity index (χ4n) is 3.19. The highest BCUT2D eigenvalue weighted by Crippen LogP contribution is 2.37. The number of fused-ring (bicyclic) bond motifs is 1.